The number of carbonyl (C=O) groups excluding carboxylic acids is 1. The van der Waals surface area contributed by atoms with E-state index in [-0.39, 0.29) is 5.91 Å². The van der Waals surface area contributed by atoms with Gasteiger partial charge in [-0.2, -0.15) is 4.98 Å². The van der Waals surface area contributed by atoms with E-state index in [1.165, 1.54) is 0 Å². The summed E-state index contributed by atoms with van der Waals surface area (Å²) >= 11 is 0. The highest BCUT2D eigenvalue weighted by Crippen LogP contribution is 2.25. The molecule has 4 rings (SSSR count). The van der Waals surface area contributed by atoms with Crippen LogP contribution in [0, 0.1) is 5.92 Å². The monoisotopic (exact) mass is 397 g/mol. The summed E-state index contributed by atoms with van der Waals surface area (Å²) in [6.45, 7) is 1.55. The van der Waals surface area contributed by atoms with Crippen LogP contribution in [0.4, 0.5) is 6.01 Å². The number of fused-ring (bicyclic) bond motifs is 1. The normalized spacial score (nSPS) is 15.1. The van der Waals surface area contributed by atoms with Gasteiger partial charge in [-0.25, -0.2) is 0 Å². The Balaban J connectivity index is 1.31. The molecule has 1 amide bonds. The number of likely N-dealkylation sites (tertiary alicyclic amines) is 1. The van der Waals surface area contributed by atoms with Crippen LogP contribution in [0.15, 0.2) is 28.8 Å². The van der Waals surface area contributed by atoms with Crippen LogP contribution >= 0.6 is 0 Å². The van der Waals surface area contributed by atoms with Crippen molar-refractivity contribution in [3.8, 4) is 5.75 Å². The number of benzene rings is 1. The Labute approximate surface area is 169 Å². The van der Waals surface area contributed by atoms with E-state index in [9.17, 15) is 4.79 Å². The van der Waals surface area contributed by atoms with Gasteiger partial charge in [-0.05, 0) is 49.4 Å². The molecule has 0 atom stereocenters. The Morgan fingerprint density at radius 1 is 1.31 bits per heavy atom. The van der Waals surface area contributed by atoms with E-state index < -0.39 is 0 Å². The van der Waals surface area contributed by atoms with Gasteiger partial charge in [0.1, 0.15) is 11.4 Å². The van der Waals surface area contributed by atoms with Gasteiger partial charge < -0.3 is 24.0 Å². The number of hydrogen-bond acceptors (Lipinski definition) is 6. The first kappa shape index (κ1) is 19.3. The molecule has 0 bridgehead atoms. The summed E-state index contributed by atoms with van der Waals surface area (Å²) in [6, 6.07) is 8.22. The number of nitrogens with one attached hydrogen (secondary N) is 1. The lowest BCUT2D eigenvalue weighted by molar-refractivity contribution is 0.0681. The fourth-order valence-electron chi connectivity index (χ4n) is 3.81. The molecule has 2 aromatic heterocycles. The first-order valence-electron chi connectivity index (χ1n) is 9.99. The third kappa shape index (κ3) is 4.21. The predicted molar refractivity (Wildman–Crippen MR) is 110 cm³/mol. The number of piperidine rings is 1. The lowest BCUT2D eigenvalue weighted by atomic mass is 9.92. The average Bonchev–Trinajstić information content (AvgIpc) is 3.38. The van der Waals surface area contributed by atoms with Gasteiger partial charge in [-0.15, -0.1) is 0 Å². The number of aromatic nitrogens is 3. The zero-order valence-electron chi connectivity index (χ0n) is 17.1. The largest absolute Gasteiger partial charge is 0.497 e. The first-order chi connectivity index (χ1) is 14.0. The van der Waals surface area contributed by atoms with Crippen molar-refractivity contribution in [2.45, 2.75) is 25.7 Å². The molecule has 1 N–H and O–H groups in total. The fraction of sp³-hybridized carbons (Fsp3) is 0.476. The molecule has 0 aliphatic carbocycles. The summed E-state index contributed by atoms with van der Waals surface area (Å²) in [5.74, 6) is 2.18. The highest BCUT2D eigenvalue weighted by atomic mass is 16.5. The molecule has 0 spiro atoms. The molecule has 1 saturated heterocycles. The Kier molecular flexibility index (Phi) is 5.42. The summed E-state index contributed by atoms with van der Waals surface area (Å²) < 4.78 is 10.5. The van der Waals surface area contributed by atoms with Gasteiger partial charge >= 0.3 is 6.01 Å². The van der Waals surface area contributed by atoms with E-state index in [2.05, 4.69) is 15.1 Å². The zero-order chi connectivity index (χ0) is 20.4. The van der Waals surface area contributed by atoms with Gasteiger partial charge in [-0.3, -0.25) is 4.79 Å². The number of amides is 1. The molecule has 8 nitrogen and oxygen atoms in total. The van der Waals surface area contributed by atoms with Crippen LogP contribution < -0.4 is 9.64 Å². The molecule has 0 unspecified atom stereocenters. The molecule has 1 aliphatic heterocycles. The van der Waals surface area contributed by atoms with Crippen molar-refractivity contribution in [2.75, 3.05) is 39.2 Å². The highest BCUT2D eigenvalue weighted by Gasteiger charge is 2.25. The van der Waals surface area contributed by atoms with Crippen LogP contribution in [0.2, 0.25) is 0 Å². The zero-order valence-corrected chi connectivity index (χ0v) is 17.1. The molecule has 0 saturated carbocycles. The third-order valence-electron chi connectivity index (χ3n) is 5.58. The number of rotatable bonds is 6. The van der Waals surface area contributed by atoms with Crippen LogP contribution in [0.25, 0.3) is 10.9 Å². The predicted octanol–water partition coefficient (Wildman–Crippen LogP) is 3.11. The van der Waals surface area contributed by atoms with Crippen LogP contribution in [0.1, 0.15) is 35.6 Å². The number of carbonyl (C=O) groups is 1. The average molecular weight is 397 g/mol. The molecule has 0 radical (unpaired) electrons. The Hall–Kier alpha value is -3.03. The molecule has 8 heteroatoms. The topological polar surface area (TPSA) is 87.5 Å². The summed E-state index contributed by atoms with van der Waals surface area (Å²) in [6.07, 6.45) is 3.82. The number of anilines is 1. The Morgan fingerprint density at radius 2 is 2.10 bits per heavy atom. The van der Waals surface area contributed by atoms with Crippen molar-refractivity contribution in [3.63, 3.8) is 0 Å². The quantitative estimate of drug-likeness (QED) is 0.688. The van der Waals surface area contributed by atoms with Crippen LogP contribution in [-0.4, -0.2) is 60.2 Å². The lowest BCUT2D eigenvalue weighted by Gasteiger charge is -2.31. The molecule has 1 aliphatic rings. The second-order valence-corrected chi connectivity index (χ2v) is 7.80. The molecular formula is C21H27N5O3. The minimum absolute atomic E-state index is 0.0624. The van der Waals surface area contributed by atoms with Gasteiger partial charge in [0.15, 0.2) is 5.82 Å². The van der Waals surface area contributed by atoms with E-state index >= 15 is 0 Å². The maximum Gasteiger partial charge on any atom is 0.323 e. The maximum absolute atomic E-state index is 12.9. The van der Waals surface area contributed by atoms with Gasteiger partial charge in [-0.1, -0.05) is 5.16 Å². The van der Waals surface area contributed by atoms with E-state index in [0.29, 0.717) is 17.6 Å². The Morgan fingerprint density at radius 3 is 2.79 bits per heavy atom. The number of aromatic amines is 1. The Bertz CT molecular complexity index is 985. The summed E-state index contributed by atoms with van der Waals surface area (Å²) in [5.41, 5.74) is 1.58. The molecule has 3 aromatic rings. The van der Waals surface area contributed by atoms with Gasteiger partial charge in [0.2, 0.25) is 0 Å². The third-order valence-corrected chi connectivity index (χ3v) is 5.58. The molecule has 1 fully saturated rings. The standard InChI is InChI=1S/C21H27N5O3/c1-25(2)21-23-19(24-29-21)7-4-14-8-10-26(11-9-14)20(27)18-13-15-12-16(28-3)5-6-17(15)22-18/h5-6,12-14,22H,4,7-11H2,1-3H3. The number of methoxy groups -OCH3 is 1. The van der Waals surface area contributed by atoms with Crippen LogP contribution in [0.5, 0.6) is 5.75 Å². The number of H-pyrrole nitrogens is 1. The lowest BCUT2D eigenvalue weighted by Crippen LogP contribution is -2.38. The van der Waals surface area contributed by atoms with Gasteiger partial charge in [0.05, 0.1) is 7.11 Å². The van der Waals surface area contributed by atoms with Crippen LogP contribution in [-0.2, 0) is 6.42 Å². The van der Waals surface area contributed by atoms with Crippen molar-refractivity contribution in [1.82, 2.24) is 20.0 Å². The number of ether oxygens (including phenoxy) is 1. The summed E-state index contributed by atoms with van der Waals surface area (Å²) in [4.78, 5) is 24.3. The first-order valence-corrected chi connectivity index (χ1v) is 9.99. The molecule has 29 heavy (non-hydrogen) atoms. The number of hydrogen-bond donors (Lipinski definition) is 1. The maximum atomic E-state index is 12.9. The molecule has 154 valence electrons. The summed E-state index contributed by atoms with van der Waals surface area (Å²) in [7, 11) is 5.41. The highest BCUT2D eigenvalue weighted by molar-refractivity contribution is 5.98. The van der Waals surface area contributed by atoms with Crippen molar-refractivity contribution in [1.29, 1.82) is 0 Å². The minimum Gasteiger partial charge on any atom is -0.497 e. The second kappa shape index (κ2) is 8.14. The fourth-order valence-corrected chi connectivity index (χ4v) is 3.81. The van der Waals surface area contributed by atoms with Gasteiger partial charge in [0, 0.05) is 44.5 Å². The van der Waals surface area contributed by atoms with Crippen molar-refractivity contribution >= 4 is 22.8 Å². The smallest absolute Gasteiger partial charge is 0.323 e. The van der Waals surface area contributed by atoms with Crippen molar-refractivity contribution < 1.29 is 14.1 Å². The van der Waals surface area contributed by atoms with E-state index in [0.717, 1.165) is 61.2 Å². The molecule has 3 heterocycles. The van der Waals surface area contributed by atoms with E-state index in [4.69, 9.17) is 9.26 Å². The second-order valence-electron chi connectivity index (χ2n) is 7.80. The number of nitrogens with zero attached hydrogens (tertiary/aromatic N) is 4. The van der Waals surface area contributed by atoms with Crippen LogP contribution in [0.3, 0.4) is 0 Å². The van der Waals surface area contributed by atoms with Gasteiger partial charge in [0.25, 0.3) is 5.91 Å². The number of aryl methyl sites for hydroxylation is 1. The van der Waals surface area contributed by atoms with Crippen molar-refractivity contribution in [2.24, 2.45) is 5.92 Å². The minimum atomic E-state index is 0.0624. The van der Waals surface area contributed by atoms with E-state index in [1.54, 1.807) is 12.0 Å². The van der Waals surface area contributed by atoms with E-state index in [1.807, 2.05) is 43.3 Å². The molecular weight excluding hydrogens is 370 g/mol. The summed E-state index contributed by atoms with van der Waals surface area (Å²) in [5, 5.41) is 5.02. The van der Waals surface area contributed by atoms with Crippen molar-refractivity contribution in [3.05, 3.63) is 35.8 Å². The molecule has 1 aromatic carbocycles. The SMILES string of the molecule is COc1ccc2[nH]c(C(=O)N3CCC(CCc4noc(N(C)C)n4)CC3)cc2c1.